The van der Waals surface area contributed by atoms with E-state index in [1.165, 1.54) is 17.8 Å². The van der Waals surface area contributed by atoms with Gasteiger partial charge in [0.05, 0.1) is 11.9 Å². The number of fused-ring (bicyclic) bond motifs is 1. The van der Waals surface area contributed by atoms with Crippen LogP contribution in [0.1, 0.15) is 23.5 Å². The van der Waals surface area contributed by atoms with Gasteiger partial charge in [-0.3, -0.25) is 14.3 Å². The molecule has 152 valence electrons. The van der Waals surface area contributed by atoms with Crippen LogP contribution in [0.5, 0.6) is 0 Å². The van der Waals surface area contributed by atoms with Crippen molar-refractivity contribution >= 4 is 23.1 Å². The summed E-state index contributed by atoms with van der Waals surface area (Å²) in [5.41, 5.74) is 3.30. The number of nitrogens with one attached hydrogen (secondary N) is 1. The number of alkyl halides is 1. The van der Waals surface area contributed by atoms with E-state index < -0.39 is 42.2 Å². The minimum absolute atomic E-state index is 0.0330. The van der Waals surface area contributed by atoms with Gasteiger partial charge in [0.25, 0.3) is 5.56 Å². The molecule has 1 aliphatic rings. The molecule has 0 unspecified atom stereocenters. The molecule has 1 saturated heterocycles. The highest BCUT2D eigenvalue weighted by atomic mass is 19.1. The van der Waals surface area contributed by atoms with Crippen LogP contribution in [0.2, 0.25) is 0 Å². The number of imidazole rings is 1. The first-order valence-corrected chi connectivity index (χ1v) is 8.75. The molecule has 0 saturated carbocycles. The molecule has 29 heavy (non-hydrogen) atoms. The Labute approximate surface area is 163 Å². The molecule has 11 heteroatoms. The van der Waals surface area contributed by atoms with Crippen molar-refractivity contribution in [3.05, 3.63) is 52.6 Å². The predicted molar refractivity (Wildman–Crippen MR) is 98.7 cm³/mol. The minimum Gasteiger partial charge on any atom is -0.459 e. The summed E-state index contributed by atoms with van der Waals surface area (Å²) in [4.78, 5) is 34.3. The van der Waals surface area contributed by atoms with Crippen molar-refractivity contribution in [3.63, 3.8) is 0 Å². The molecule has 1 fully saturated rings. The standard InChI is InChI=1S/C18H18FN5O5/c1-18(27)12(19)10(7-28-15(26)9-5-3-2-4-6-9)29-16(18)24-8-21-11-13(24)22-17(20)23-14(11)25/h2-6,8,10,12,16,27H,7H2,1H3,(H3,20,22,23,25)/t10-,12-,16-,18-/m1/s1. The van der Waals surface area contributed by atoms with Crippen LogP contribution in [0, 0.1) is 0 Å². The number of nitrogen functional groups attached to an aromatic ring is 1. The zero-order valence-electron chi connectivity index (χ0n) is 15.3. The van der Waals surface area contributed by atoms with Gasteiger partial charge in [0.1, 0.15) is 18.3 Å². The molecular weight excluding hydrogens is 385 g/mol. The van der Waals surface area contributed by atoms with Gasteiger partial charge < -0.3 is 20.3 Å². The zero-order chi connectivity index (χ0) is 20.8. The number of anilines is 1. The fourth-order valence-electron chi connectivity index (χ4n) is 3.29. The lowest BCUT2D eigenvalue weighted by atomic mass is 9.98. The number of aromatic nitrogens is 4. The quantitative estimate of drug-likeness (QED) is 0.535. The van der Waals surface area contributed by atoms with Crippen molar-refractivity contribution in [2.24, 2.45) is 0 Å². The lowest BCUT2D eigenvalue weighted by Crippen LogP contribution is -2.42. The molecule has 0 radical (unpaired) electrons. The first kappa shape index (κ1) is 19.0. The maximum Gasteiger partial charge on any atom is 0.338 e. The molecule has 0 spiro atoms. The Morgan fingerprint density at radius 3 is 2.90 bits per heavy atom. The Morgan fingerprint density at radius 1 is 1.45 bits per heavy atom. The summed E-state index contributed by atoms with van der Waals surface area (Å²) in [6.07, 6.45) is -3.18. The third kappa shape index (κ3) is 3.23. The van der Waals surface area contributed by atoms with E-state index in [0.29, 0.717) is 5.56 Å². The smallest absolute Gasteiger partial charge is 0.338 e. The van der Waals surface area contributed by atoms with E-state index in [4.69, 9.17) is 15.2 Å². The monoisotopic (exact) mass is 403 g/mol. The summed E-state index contributed by atoms with van der Waals surface area (Å²) in [5, 5.41) is 10.7. The molecule has 4 atom stereocenters. The highest BCUT2D eigenvalue weighted by Gasteiger charge is 2.55. The summed E-state index contributed by atoms with van der Waals surface area (Å²) in [7, 11) is 0. The molecule has 3 heterocycles. The first-order chi connectivity index (χ1) is 13.8. The van der Waals surface area contributed by atoms with E-state index in [1.807, 2.05) is 0 Å². The second-order valence-corrected chi connectivity index (χ2v) is 6.89. The Balaban J connectivity index is 1.57. The van der Waals surface area contributed by atoms with Crippen LogP contribution in [0.25, 0.3) is 11.2 Å². The summed E-state index contributed by atoms with van der Waals surface area (Å²) in [6, 6.07) is 8.22. The number of rotatable bonds is 4. The number of esters is 1. The molecule has 3 aromatic rings. The van der Waals surface area contributed by atoms with Crippen molar-refractivity contribution in [1.82, 2.24) is 19.5 Å². The number of carbonyl (C=O) groups is 1. The highest BCUT2D eigenvalue weighted by Crippen LogP contribution is 2.41. The third-order valence-corrected chi connectivity index (χ3v) is 4.78. The number of H-pyrrole nitrogens is 1. The van der Waals surface area contributed by atoms with Crippen LogP contribution in [-0.2, 0) is 9.47 Å². The van der Waals surface area contributed by atoms with Gasteiger partial charge in [-0.1, -0.05) is 18.2 Å². The second kappa shape index (κ2) is 6.94. The number of ether oxygens (including phenoxy) is 2. The van der Waals surface area contributed by atoms with E-state index in [2.05, 4.69) is 15.0 Å². The maximum absolute atomic E-state index is 14.9. The molecule has 1 aliphatic heterocycles. The van der Waals surface area contributed by atoms with Crippen molar-refractivity contribution in [2.75, 3.05) is 12.3 Å². The Bertz CT molecular complexity index is 1110. The minimum atomic E-state index is -2.00. The van der Waals surface area contributed by atoms with Crippen LogP contribution < -0.4 is 11.3 Å². The normalized spacial score (nSPS) is 26.7. The summed E-state index contributed by atoms with van der Waals surface area (Å²) >= 11 is 0. The lowest BCUT2D eigenvalue weighted by molar-refractivity contribution is -0.0899. The number of nitrogens with zero attached hydrogens (tertiary/aromatic N) is 3. The third-order valence-electron chi connectivity index (χ3n) is 4.78. The number of nitrogens with two attached hydrogens (primary N) is 1. The number of benzene rings is 1. The van der Waals surface area contributed by atoms with E-state index >= 15 is 0 Å². The Hall–Kier alpha value is -3.31. The fourth-order valence-corrected chi connectivity index (χ4v) is 3.29. The van der Waals surface area contributed by atoms with Crippen LogP contribution >= 0.6 is 0 Å². The molecule has 1 aromatic carbocycles. The number of carbonyl (C=O) groups excluding carboxylic acids is 1. The molecular formula is C18H18FN5O5. The van der Waals surface area contributed by atoms with Gasteiger partial charge in [0, 0.05) is 0 Å². The van der Waals surface area contributed by atoms with E-state index in [9.17, 15) is 19.1 Å². The number of halogens is 1. The van der Waals surface area contributed by atoms with Gasteiger partial charge in [0.2, 0.25) is 5.95 Å². The molecule has 0 aliphatic carbocycles. The molecule has 4 N–H and O–H groups in total. The second-order valence-electron chi connectivity index (χ2n) is 6.89. The highest BCUT2D eigenvalue weighted by molar-refractivity contribution is 5.89. The average molecular weight is 403 g/mol. The van der Waals surface area contributed by atoms with E-state index in [-0.39, 0.29) is 17.1 Å². The van der Waals surface area contributed by atoms with Gasteiger partial charge in [-0.15, -0.1) is 0 Å². The number of aromatic amines is 1. The number of aliphatic hydroxyl groups is 1. The number of hydrogen-bond acceptors (Lipinski definition) is 8. The largest absolute Gasteiger partial charge is 0.459 e. The maximum atomic E-state index is 14.9. The van der Waals surface area contributed by atoms with Gasteiger partial charge in [0.15, 0.2) is 23.6 Å². The topological polar surface area (TPSA) is 145 Å². The zero-order valence-corrected chi connectivity index (χ0v) is 15.3. The molecule has 2 aromatic heterocycles. The van der Waals surface area contributed by atoms with Crippen molar-refractivity contribution in [2.45, 2.75) is 31.0 Å². The lowest BCUT2D eigenvalue weighted by Gasteiger charge is -2.26. The Morgan fingerprint density at radius 2 is 2.17 bits per heavy atom. The van der Waals surface area contributed by atoms with Gasteiger partial charge in [-0.2, -0.15) is 4.98 Å². The van der Waals surface area contributed by atoms with Gasteiger partial charge >= 0.3 is 5.97 Å². The SMILES string of the molecule is C[C@@]1(O)[C@H](F)[C@@H](COC(=O)c2ccccc2)O[C@H]1n1cnc2c(=O)[nH]c(N)nc21. The van der Waals surface area contributed by atoms with Gasteiger partial charge in [-0.25, -0.2) is 14.2 Å². The van der Waals surface area contributed by atoms with Crippen molar-refractivity contribution in [1.29, 1.82) is 0 Å². The van der Waals surface area contributed by atoms with Crippen LogP contribution in [-0.4, -0.2) is 55.1 Å². The van der Waals surface area contributed by atoms with Crippen molar-refractivity contribution < 1.29 is 23.8 Å². The predicted octanol–water partition coefficient (Wildman–Crippen LogP) is 0.545. The summed E-state index contributed by atoms with van der Waals surface area (Å²) in [5.74, 6) is -0.800. The Kier molecular flexibility index (Phi) is 4.55. The van der Waals surface area contributed by atoms with E-state index in [1.54, 1.807) is 30.3 Å². The fraction of sp³-hybridized carbons (Fsp3) is 0.333. The molecule has 0 amide bonds. The van der Waals surface area contributed by atoms with Crippen molar-refractivity contribution in [3.8, 4) is 0 Å². The first-order valence-electron chi connectivity index (χ1n) is 8.75. The van der Waals surface area contributed by atoms with Gasteiger partial charge in [-0.05, 0) is 19.1 Å². The van der Waals surface area contributed by atoms with Crippen LogP contribution in [0.3, 0.4) is 0 Å². The van der Waals surface area contributed by atoms with Crippen LogP contribution in [0.4, 0.5) is 10.3 Å². The summed E-state index contributed by atoms with van der Waals surface area (Å²) in [6.45, 7) is 0.827. The molecule has 10 nitrogen and oxygen atoms in total. The summed E-state index contributed by atoms with van der Waals surface area (Å²) < 4.78 is 26.9. The molecule has 0 bridgehead atoms. The number of hydrogen-bond donors (Lipinski definition) is 3. The van der Waals surface area contributed by atoms with E-state index in [0.717, 1.165) is 0 Å². The molecule has 4 rings (SSSR count). The van der Waals surface area contributed by atoms with Crippen LogP contribution in [0.15, 0.2) is 41.5 Å². The average Bonchev–Trinajstić information content (AvgIpc) is 3.20.